The van der Waals surface area contributed by atoms with Crippen molar-refractivity contribution in [2.75, 3.05) is 13.1 Å². The summed E-state index contributed by atoms with van der Waals surface area (Å²) in [5, 5.41) is 3.60. The fraction of sp³-hybridized carbons (Fsp3) is 1.00. The Bertz CT molecular complexity index is 155. The van der Waals surface area contributed by atoms with E-state index in [1.54, 1.807) is 0 Å². The van der Waals surface area contributed by atoms with Crippen LogP contribution < -0.4 is 5.32 Å². The van der Waals surface area contributed by atoms with Crippen LogP contribution in [0.3, 0.4) is 0 Å². The van der Waals surface area contributed by atoms with Gasteiger partial charge in [-0.2, -0.15) is 0 Å². The Hall–Kier alpha value is -0.0400. The van der Waals surface area contributed by atoms with Crippen LogP contribution in [0, 0.1) is 17.3 Å². The van der Waals surface area contributed by atoms with E-state index in [-0.39, 0.29) is 0 Å². The fourth-order valence-corrected chi connectivity index (χ4v) is 2.53. The molecule has 0 aliphatic heterocycles. The van der Waals surface area contributed by atoms with Gasteiger partial charge < -0.3 is 5.32 Å². The molecule has 1 rings (SSSR count). The van der Waals surface area contributed by atoms with Crippen LogP contribution in [0.2, 0.25) is 0 Å². The summed E-state index contributed by atoms with van der Waals surface area (Å²) in [7, 11) is 0. The summed E-state index contributed by atoms with van der Waals surface area (Å²) >= 11 is 0. The lowest BCUT2D eigenvalue weighted by Gasteiger charge is -2.32. The van der Waals surface area contributed by atoms with Crippen LogP contribution >= 0.6 is 0 Å². The molecule has 0 aromatic heterocycles. The van der Waals surface area contributed by atoms with E-state index < -0.39 is 0 Å². The number of nitrogens with one attached hydrogen (secondary N) is 1. The topological polar surface area (TPSA) is 12.0 Å². The van der Waals surface area contributed by atoms with Crippen molar-refractivity contribution in [3.05, 3.63) is 0 Å². The Labute approximate surface area is 89.7 Å². The van der Waals surface area contributed by atoms with E-state index in [0.717, 1.165) is 18.4 Å². The first kappa shape index (κ1) is 12.0. The first-order valence-corrected chi connectivity index (χ1v) is 6.23. The van der Waals surface area contributed by atoms with Gasteiger partial charge in [-0.3, -0.25) is 0 Å². The molecule has 0 aromatic rings. The van der Waals surface area contributed by atoms with Gasteiger partial charge in [0.25, 0.3) is 0 Å². The largest absolute Gasteiger partial charge is 0.316 e. The Morgan fingerprint density at radius 2 is 1.79 bits per heavy atom. The highest BCUT2D eigenvalue weighted by Gasteiger charge is 2.31. The molecule has 0 bridgehead atoms. The van der Waals surface area contributed by atoms with Crippen LogP contribution in [-0.4, -0.2) is 13.1 Å². The summed E-state index contributed by atoms with van der Waals surface area (Å²) in [6, 6.07) is 0. The van der Waals surface area contributed by atoms with Crippen molar-refractivity contribution < 1.29 is 0 Å². The summed E-state index contributed by atoms with van der Waals surface area (Å²) in [5.74, 6) is 1.73. The summed E-state index contributed by atoms with van der Waals surface area (Å²) < 4.78 is 0. The van der Waals surface area contributed by atoms with E-state index in [2.05, 4.69) is 33.0 Å². The van der Waals surface area contributed by atoms with Gasteiger partial charge in [0.15, 0.2) is 0 Å². The maximum Gasteiger partial charge on any atom is 0.000528 e. The normalized spacial score (nSPS) is 19.5. The molecule has 0 amide bonds. The molecule has 0 saturated heterocycles. The number of hydrogen-bond acceptors (Lipinski definition) is 1. The smallest absolute Gasteiger partial charge is 0.000528 e. The lowest BCUT2D eigenvalue weighted by molar-refractivity contribution is 0.206. The third kappa shape index (κ3) is 3.61. The summed E-state index contributed by atoms with van der Waals surface area (Å²) in [5.41, 5.74) is 0.505. The van der Waals surface area contributed by atoms with Crippen molar-refractivity contribution in [3.63, 3.8) is 0 Å². The molecular formula is C13H27N. The Kier molecular flexibility index (Phi) is 4.43. The number of hydrogen-bond donors (Lipinski definition) is 1. The van der Waals surface area contributed by atoms with Crippen molar-refractivity contribution in [2.24, 2.45) is 17.3 Å². The summed E-state index contributed by atoms with van der Waals surface area (Å²) in [6.45, 7) is 11.8. The van der Waals surface area contributed by atoms with E-state index in [0.29, 0.717) is 5.41 Å². The molecule has 1 heteroatoms. The molecule has 0 aromatic carbocycles. The highest BCUT2D eigenvalue weighted by molar-refractivity contribution is 4.83. The van der Waals surface area contributed by atoms with Gasteiger partial charge in [0, 0.05) is 6.54 Å². The van der Waals surface area contributed by atoms with Crippen LogP contribution in [0.5, 0.6) is 0 Å². The Morgan fingerprint density at radius 1 is 1.21 bits per heavy atom. The van der Waals surface area contributed by atoms with Crippen LogP contribution in [0.4, 0.5) is 0 Å². The van der Waals surface area contributed by atoms with Crippen LogP contribution in [0.15, 0.2) is 0 Å². The fourth-order valence-electron chi connectivity index (χ4n) is 2.53. The lowest BCUT2D eigenvalue weighted by Crippen LogP contribution is -2.36. The Balaban J connectivity index is 2.25. The standard InChI is InChI=1S/C13H27N/c1-11(2)9-14-10-13(3,4)12-7-5-6-8-12/h11-12,14H,5-10H2,1-4H3. The molecule has 0 spiro atoms. The van der Waals surface area contributed by atoms with Gasteiger partial charge in [-0.05, 0) is 36.6 Å². The SMILES string of the molecule is CC(C)CNCC(C)(C)C1CCCC1. The predicted molar refractivity (Wildman–Crippen MR) is 63.4 cm³/mol. The maximum atomic E-state index is 3.60. The zero-order valence-electron chi connectivity index (χ0n) is 10.4. The van der Waals surface area contributed by atoms with E-state index in [4.69, 9.17) is 0 Å². The Morgan fingerprint density at radius 3 is 2.29 bits per heavy atom. The second kappa shape index (κ2) is 5.16. The highest BCUT2D eigenvalue weighted by atomic mass is 14.9. The minimum atomic E-state index is 0.505. The molecule has 0 heterocycles. The minimum Gasteiger partial charge on any atom is -0.316 e. The molecule has 0 radical (unpaired) electrons. The second-order valence-electron chi connectivity index (χ2n) is 5.99. The molecule has 1 aliphatic carbocycles. The van der Waals surface area contributed by atoms with E-state index in [1.165, 1.54) is 32.2 Å². The summed E-state index contributed by atoms with van der Waals surface area (Å²) in [6.07, 6.45) is 5.82. The van der Waals surface area contributed by atoms with Crippen LogP contribution in [0.25, 0.3) is 0 Å². The second-order valence-corrected chi connectivity index (χ2v) is 5.99. The van der Waals surface area contributed by atoms with Gasteiger partial charge in [-0.15, -0.1) is 0 Å². The molecule has 0 unspecified atom stereocenters. The van der Waals surface area contributed by atoms with E-state index in [1.807, 2.05) is 0 Å². The number of rotatable bonds is 5. The van der Waals surface area contributed by atoms with Gasteiger partial charge in [0.1, 0.15) is 0 Å². The van der Waals surface area contributed by atoms with E-state index >= 15 is 0 Å². The monoisotopic (exact) mass is 197 g/mol. The van der Waals surface area contributed by atoms with Crippen molar-refractivity contribution >= 4 is 0 Å². The van der Waals surface area contributed by atoms with Crippen LogP contribution in [0.1, 0.15) is 53.4 Å². The van der Waals surface area contributed by atoms with Crippen molar-refractivity contribution in [1.29, 1.82) is 0 Å². The molecule has 1 nitrogen and oxygen atoms in total. The first-order valence-electron chi connectivity index (χ1n) is 6.23. The third-order valence-corrected chi connectivity index (χ3v) is 3.59. The van der Waals surface area contributed by atoms with Gasteiger partial charge in [0.2, 0.25) is 0 Å². The van der Waals surface area contributed by atoms with Gasteiger partial charge in [-0.1, -0.05) is 40.5 Å². The third-order valence-electron chi connectivity index (χ3n) is 3.59. The molecule has 84 valence electrons. The summed E-state index contributed by atoms with van der Waals surface area (Å²) in [4.78, 5) is 0. The molecule has 0 atom stereocenters. The minimum absolute atomic E-state index is 0.505. The average Bonchev–Trinajstić information content (AvgIpc) is 2.54. The van der Waals surface area contributed by atoms with Crippen molar-refractivity contribution in [2.45, 2.75) is 53.4 Å². The first-order chi connectivity index (χ1) is 6.52. The van der Waals surface area contributed by atoms with Gasteiger partial charge in [-0.25, -0.2) is 0 Å². The zero-order chi connectivity index (χ0) is 10.6. The van der Waals surface area contributed by atoms with Crippen molar-refractivity contribution in [1.82, 2.24) is 5.32 Å². The predicted octanol–water partition coefficient (Wildman–Crippen LogP) is 3.45. The van der Waals surface area contributed by atoms with Crippen LogP contribution in [-0.2, 0) is 0 Å². The van der Waals surface area contributed by atoms with Gasteiger partial charge >= 0.3 is 0 Å². The molecule has 1 N–H and O–H groups in total. The molecule has 1 aliphatic rings. The highest BCUT2D eigenvalue weighted by Crippen LogP contribution is 2.38. The average molecular weight is 197 g/mol. The quantitative estimate of drug-likeness (QED) is 0.712. The molecule has 1 fully saturated rings. The molecular weight excluding hydrogens is 170 g/mol. The van der Waals surface area contributed by atoms with E-state index in [9.17, 15) is 0 Å². The van der Waals surface area contributed by atoms with Crippen molar-refractivity contribution in [3.8, 4) is 0 Å². The van der Waals surface area contributed by atoms with Gasteiger partial charge in [0.05, 0.1) is 0 Å². The molecule has 14 heavy (non-hydrogen) atoms. The lowest BCUT2D eigenvalue weighted by atomic mass is 9.77. The maximum absolute atomic E-state index is 3.60. The molecule has 1 saturated carbocycles. The zero-order valence-corrected chi connectivity index (χ0v) is 10.4.